The summed E-state index contributed by atoms with van der Waals surface area (Å²) in [5.41, 5.74) is 2.23. The second-order valence-electron chi connectivity index (χ2n) is 4.42. The van der Waals surface area contributed by atoms with Gasteiger partial charge in [0.15, 0.2) is 0 Å². The molecule has 0 bridgehead atoms. The molecule has 1 nitrogen and oxygen atoms in total. The van der Waals surface area contributed by atoms with Crippen molar-refractivity contribution in [1.82, 2.24) is 0 Å². The number of aliphatic hydroxyl groups is 1. The van der Waals surface area contributed by atoms with Gasteiger partial charge < -0.3 is 5.11 Å². The van der Waals surface area contributed by atoms with Gasteiger partial charge in [0, 0.05) is 16.7 Å². The van der Waals surface area contributed by atoms with Crippen LogP contribution in [0.25, 0.3) is 0 Å². The largest absolute Gasteiger partial charge is 0.392 e. The highest BCUT2D eigenvalue weighted by Crippen LogP contribution is 2.31. The number of hydrogen-bond donors (Lipinski definition) is 1. The van der Waals surface area contributed by atoms with Crippen LogP contribution in [0.3, 0.4) is 0 Å². The average Bonchev–Trinajstić information content (AvgIpc) is 2.75. The lowest BCUT2D eigenvalue weighted by molar-refractivity contribution is 0.170. The number of thioether (sulfide) groups is 1. The van der Waals surface area contributed by atoms with Gasteiger partial charge in [-0.15, -0.1) is 0 Å². The third-order valence-corrected chi connectivity index (χ3v) is 4.89. The molecular weight excluding hydrogens is 240 g/mol. The van der Waals surface area contributed by atoms with E-state index in [2.05, 4.69) is 6.07 Å². The zero-order chi connectivity index (χ0) is 11.5. The minimum Gasteiger partial charge on any atom is -0.392 e. The van der Waals surface area contributed by atoms with Crippen LogP contribution in [-0.4, -0.2) is 22.2 Å². The first kappa shape index (κ1) is 12.3. The Hall–Kier alpha value is -0.180. The van der Waals surface area contributed by atoms with Crippen molar-refractivity contribution in [3.63, 3.8) is 0 Å². The maximum absolute atomic E-state index is 10.1. The van der Waals surface area contributed by atoms with Crippen LogP contribution in [0.2, 0.25) is 5.02 Å². The summed E-state index contributed by atoms with van der Waals surface area (Å²) < 4.78 is 0. The van der Waals surface area contributed by atoms with Gasteiger partial charge in [0.1, 0.15) is 0 Å². The lowest BCUT2D eigenvalue weighted by atomic mass is 10.0. The number of benzene rings is 1. The fourth-order valence-electron chi connectivity index (χ4n) is 2.08. The van der Waals surface area contributed by atoms with E-state index in [0.717, 1.165) is 17.0 Å². The summed E-state index contributed by atoms with van der Waals surface area (Å²) in [6.45, 7) is 2.03. The predicted octanol–water partition coefficient (Wildman–Crippen LogP) is 3.45. The molecule has 1 aromatic carbocycles. The van der Waals surface area contributed by atoms with Crippen LogP contribution in [0.1, 0.15) is 24.0 Å². The average molecular weight is 257 g/mol. The van der Waals surface area contributed by atoms with Gasteiger partial charge in [0.2, 0.25) is 0 Å². The van der Waals surface area contributed by atoms with Gasteiger partial charge in [0.05, 0.1) is 6.10 Å². The Morgan fingerprint density at radius 2 is 2.38 bits per heavy atom. The molecule has 88 valence electrons. The van der Waals surface area contributed by atoms with Crippen molar-refractivity contribution in [1.29, 1.82) is 0 Å². The van der Waals surface area contributed by atoms with Crippen LogP contribution in [-0.2, 0) is 6.42 Å². The van der Waals surface area contributed by atoms with E-state index in [1.54, 1.807) is 0 Å². The molecule has 3 heteroatoms. The highest BCUT2D eigenvalue weighted by Gasteiger charge is 2.24. The van der Waals surface area contributed by atoms with E-state index in [1.807, 2.05) is 30.8 Å². The second-order valence-corrected chi connectivity index (χ2v) is 6.17. The molecule has 0 aliphatic carbocycles. The minimum absolute atomic E-state index is 0.257. The van der Waals surface area contributed by atoms with Gasteiger partial charge in [-0.1, -0.05) is 23.7 Å². The summed E-state index contributed by atoms with van der Waals surface area (Å²) in [5.74, 6) is 1.18. The Kier molecular flexibility index (Phi) is 4.17. The number of hydrogen-bond acceptors (Lipinski definition) is 2. The topological polar surface area (TPSA) is 20.2 Å². The molecule has 1 heterocycles. The summed E-state index contributed by atoms with van der Waals surface area (Å²) in [6, 6.07) is 6.04. The molecule has 0 radical (unpaired) electrons. The van der Waals surface area contributed by atoms with E-state index in [-0.39, 0.29) is 6.10 Å². The molecule has 2 unspecified atom stereocenters. The first-order valence-electron chi connectivity index (χ1n) is 5.71. The third-order valence-electron chi connectivity index (χ3n) is 3.03. The maximum atomic E-state index is 10.1. The van der Waals surface area contributed by atoms with Crippen LogP contribution in [0, 0.1) is 6.92 Å². The fourth-order valence-corrected chi connectivity index (χ4v) is 3.68. The molecule has 1 aromatic rings. The van der Waals surface area contributed by atoms with Gasteiger partial charge >= 0.3 is 0 Å². The van der Waals surface area contributed by atoms with Crippen LogP contribution in [0.5, 0.6) is 0 Å². The third kappa shape index (κ3) is 2.93. The highest BCUT2D eigenvalue weighted by molar-refractivity contribution is 8.00. The highest BCUT2D eigenvalue weighted by atomic mass is 35.5. The SMILES string of the molecule is Cc1ccc(CC(O)C2CCCS2)c(Cl)c1. The number of rotatable bonds is 3. The zero-order valence-electron chi connectivity index (χ0n) is 9.45. The molecule has 2 atom stereocenters. The predicted molar refractivity (Wildman–Crippen MR) is 71.4 cm³/mol. The molecule has 0 aromatic heterocycles. The molecule has 0 spiro atoms. The van der Waals surface area contributed by atoms with Crippen molar-refractivity contribution in [3.8, 4) is 0 Å². The molecule has 1 saturated heterocycles. The number of aryl methyl sites for hydroxylation is 1. The minimum atomic E-state index is -0.257. The van der Waals surface area contributed by atoms with E-state index >= 15 is 0 Å². The first-order valence-corrected chi connectivity index (χ1v) is 7.14. The van der Waals surface area contributed by atoms with E-state index in [1.165, 1.54) is 17.7 Å². The van der Waals surface area contributed by atoms with Crippen molar-refractivity contribution in [2.45, 2.75) is 37.5 Å². The maximum Gasteiger partial charge on any atom is 0.0699 e. The quantitative estimate of drug-likeness (QED) is 0.894. The standard InChI is InChI=1S/C13H17ClOS/c1-9-4-5-10(11(14)7-9)8-12(15)13-3-2-6-16-13/h4-5,7,12-13,15H,2-3,6,8H2,1H3. The van der Waals surface area contributed by atoms with Gasteiger partial charge in [-0.05, 0) is 42.7 Å². The van der Waals surface area contributed by atoms with Gasteiger partial charge in [0.25, 0.3) is 0 Å². The zero-order valence-corrected chi connectivity index (χ0v) is 11.0. The Labute approximate surface area is 106 Å². The Morgan fingerprint density at radius 1 is 1.56 bits per heavy atom. The number of aliphatic hydroxyl groups excluding tert-OH is 1. The summed E-state index contributed by atoms with van der Waals surface area (Å²) in [4.78, 5) is 0. The Balaban J connectivity index is 2.02. The normalized spacial score (nSPS) is 22.3. The van der Waals surface area contributed by atoms with E-state index in [9.17, 15) is 5.11 Å². The summed E-state index contributed by atoms with van der Waals surface area (Å²) in [6.07, 6.45) is 2.79. The van der Waals surface area contributed by atoms with Crippen LogP contribution in [0.15, 0.2) is 18.2 Å². The van der Waals surface area contributed by atoms with E-state index < -0.39 is 0 Å². The van der Waals surface area contributed by atoms with E-state index in [4.69, 9.17) is 11.6 Å². The summed E-state index contributed by atoms with van der Waals surface area (Å²) >= 11 is 8.05. The lowest BCUT2D eigenvalue weighted by Crippen LogP contribution is -2.23. The lowest BCUT2D eigenvalue weighted by Gasteiger charge is -2.17. The first-order chi connectivity index (χ1) is 7.66. The molecule has 1 aliphatic rings. The van der Waals surface area contributed by atoms with Crippen molar-refractivity contribution < 1.29 is 5.11 Å². The molecule has 1 fully saturated rings. The summed E-state index contributed by atoms with van der Waals surface area (Å²) in [5, 5.41) is 11.3. The van der Waals surface area contributed by atoms with Crippen LogP contribution >= 0.6 is 23.4 Å². The second kappa shape index (κ2) is 5.44. The van der Waals surface area contributed by atoms with Gasteiger partial charge in [-0.25, -0.2) is 0 Å². The monoisotopic (exact) mass is 256 g/mol. The Bertz CT molecular complexity index is 361. The summed E-state index contributed by atoms with van der Waals surface area (Å²) in [7, 11) is 0. The molecule has 1 N–H and O–H groups in total. The molecule has 1 aliphatic heterocycles. The van der Waals surface area contributed by atoms with Crippen LogP contribution < -0.4 is 0 Å². The van der Waals surface area contributed by atoms with E-state index in [0.29, 0.717) is 11.7 Å². The number of halogens is 1. The smallest absolute Gasteiger partial charge is 0.0699 e. The molecule has 0 amide bonds. The van der Waals surface area contributed by atoms with Gasteiger partial charge in [-0.3, -0.25) is 0 Å². The molecule has 16 heavy (non-hydrogen) atoms. The van der Waals surface area contributed by atoms with Crippen LogP contribution in [0.4, 0.5) is 0 Å². The van der Waals surface area contributed by atoms with Crippen molar-refractivity contribution >= 4 is 23.4 Å². The Morgan fingerprint density at radius 3 is 3.00 bits per heavy atom. The van der Waals surface area contributed by atoms with Gasteiger partial charge in [-0.2, -0.15) is 11.8 Å². The fraction of sp³-hybridized carbons (Fsp3) is 0.538. The molecule has 0 saturated carbocycles. The van der Waals surface area contributed by atoms with Crippen molar-refractivity contribution in [3.05, 3.63) is 34.3 Å². The van der Waals surface area contributed by atoms with Crippen molar-refractivity contribution in [2.24, 2.45) is 0 Å². The molecular formula is C13H17ClOS. The molecule has 2 rings (SSSR count). The van der Waals surface area contributed by atoms with Crippen molar-refractivity contribution in [2.75, 3.05) is 5.75 Å².